The van der Waals surface area contributed by atoms with Crippen LogP contribution in [0, 0.1) is 0 Å². The first-order valence-corrected chi connectivity index (χ1v) is 15.0. The highest BCUT2D eigenvalue weighted by Crippen LogP contribution is 2.13. The van der Waals surface area contributed by atoms with Crippen molar-refractivity contribution in [3.05, 3.63) is 0 Å². The molecule has 0 aliphatic carbocycles. The number of hydrogen-bond donors (Lipinski definition) is 0. The van der Waals surface area contributed by atoms with Gasteiger partial charge in [-0.05, 0) is 19.3 Å². The molecule has 0 aliphatic heterocycles. The fourth-order valence-electron chi connectivity index (χ4n) is 4.25. The predicted octanol–water partition coefficient (Wildman–Crippen LogP) is 9.48. The molecule has 202 valence electrons. The maximum Gasteiger partial charge on any atom is 0.305 e. The summed E-state index contributed by atoms with van der Waals surface area (Å²) in [5.74, 6) is -0.375. The van der Waals surface area contributed by atoms with Crippen molar-refractivity contribution in [3.8, 4) is 0 Å². The second kappa shape index (κ2) is 28.2. The third-order valence-corrected chi connectivity index (χ3v) is 6.53. The minimum atomic E-state index is -0.189. The van der Waals surface area contributed by atoms with E-state index in [0.717, 1.165) is 25.7 Å². The molecule has 0 saturated carbocycles. The zero-order chi connectivity index (χ0) is 25.0. The fourth-order valence-corrected chi connectivity index (χ4v) is 4.25. The van der Waals surface area contributed by atoms with Crippen molar-refractivity contribution >= 4 is 11.9 Å². The summed E-state index contributed by atoms with van der Waals surface area (Å²) in [4.78, 5) is 23.5. The summed E-state index contributed by atoms with van der Waals surface area (Å²) < 4.78 is 10.5. The van der Waals surface area contributed by atoms with Crippen LogP contribution >= 0.6 is 0 Å². The Kier molecular flexibility index (Phi) is 27.3. The summed E-state index contributed by atoms with van der Waals surface area (Å²) in [5.41, 5.74) is 0. The molecule has 0 N–H and O–H groups in total. The highest BCUT2D eigenvalue weighted by Gasteiger charge is 2.07. The first-order valence-electron chi connectivity index (χ1n) is 15.0. The van der Waals surface area contributed by atoms with Gasteiger partial charge in [0.2, 0.25) is 0 Å². The average molecular weight is 483 g/mol. The zero-order valence-electron chi connectivity index (χ0n) is 23.0. The second-order valence-electron chi connectivity index (χ2n) is 10.0. The van der Waals surface area contributed by atoms with E-state index >= 15 is 0 Å². The molecule has 0 bridgehead atoms. The molecule has 0 rings (SSSR count). The Balaban J connectivity index is 3.26. The first kappa shape index (κ1) is 32.9. The number of rotatable bonds is 27. The van der Waals surface area contributed by atoms with Crippen LogP contribution in [0.25, 0.3) is 0 Å². The van der Waals surface area contributed by atoms with Gasteiger partial charge in [0.1, 0.15) is 0 Å². The van der Waals surface area contributed by atoms with E-state index in [0.29, 0.717) is 32.5 Å². The summed E-state index contributed by atoms with van der Waals surface area (Å²) in [7, 11) is 0. The molecule has 0 heterocycles. The Morgan fingerprint density at radius 2 is 0.647 bits per heavy atom. The van der Waals surface area contributed by atoms with E-state index in [-0.39, 0.29) is 11.9 Å². The lowest BCUT2D eigenvalue weighted by molar-refractivity contribution is -0.145. The van der Waals surface area contributed by atoms with Crippen LogP contribution < -0.4 is 0 Å². The van der Waals surface area contributed by atoms with E-state index < -0.39 is 0 Å². The number of unbranched alkanes of at least 4 members (excludes halogenated alkanes) is 19. The molecule has 0 amide bonds. The van der Waals surface area contributed by atoms with Gasteiger partial charge in [0.25, 0.3) is 0 Å². The molecule has 4 heteroatoms. The van der Waals surface area contributed by atoms with Gasteiger partial charge in [-0.15, -0.1) is 0 Å². The summed E-state index contributed by atoms with van der Waals surface area (Å²) in [5, 5.41) is 0. The smallest absolute Gasteiger partial charge is 0.305 e. The molecular weight excluding hydrogens is 424 g/mol. The van der Waals surface area contributed by atoms with E-state index in [1.165, 1.54) is 109 Å². The summed E-state index contributed by atoms with van der Waals surface area (Å²) in [6.07, 6.45) is 28.1. The van der Waals surface area contributed by atoms with E-state index in [4.69, 9.17) is 9.47 Å². The molecule has 0 radical (unpaired) electrons. The molecule has 0 saturated heterocycles. The summed E-state index contributed by atoms with van der Waals surface area (Å²) in [6.45, 7) is 5.52. The second-order valence-corrected chi connectivity index (χ2v) is 10.0. The van der Waals surface area contributed by atoms with Crippen molar-refractivity contribution in [2.24, 2.45) is 0 Å². The quantitative estimate of drug-likeness (QED) is 0.0864. The van der Waals surface area contributed by atoms with Gasteiger partial charge in [0, 0.05) is 12.8 Å². The fraction of sp³-hybridized carbons (Fsp3) is 0.933. The van der Waals surface area contributed by atoms with E-state index in [1.807, 2.05) is 0 Å². The lowest BCUT2D eigenvalue weighted by atomic mass is 10.0. The molecule has 0 fully saturated rings. The monoisotopic (exact) mass is 482 g/mol. The van der Waals surface area contributed by atoms with Crippen molar-refractivity contribution < 1.29 is 19.1 Å². The van der Waals surface area contributed by atoms with Crippen LogP contribution in [0.2, 0.25) is 0 Å². The molecule has 4 nitrogen and oxygen atoms in total. The van der Waals surface area contributed by atoms with Crippen molar-refractivity contribution in [2.45, 2.75) is 168 Å². The van der Waals surface area contributed by atoms with Gasteiger partial charge < -0.3 is 9.47 Å². The molecule has 0 atom stereocenters. The van der Waals surface area contributed by atoms with Gasteiger partial charge >= 0.3 is 11.9 Å². The molecule has 34 heavy (non-hydrogen) atoms. The van der Waals surface area contributed by atoms with E-state index in [9.17, 15) is 9.59 Å². The molecule has 0 aliphatic rings. The number of esters is 2. The summed E-state index contributed by atoms with van der Waals surface area (Å²) >= 11 is 0. The van der Waals surface area contributed by atoms with Gasteiger partial charge in [0.05, 0.1) is 13.2 Å². The highest BCUT2D eigenvalue weighted by molar-refractivity contribution is 5.72. The zero-order valence-corrected chi connectivity index (χ0v) is 23.0. The van der Waals surface area contributed by atoms with Crippen LogP contribution in [0.1, 0.15) is 168 Å². The normalized spacial score (nSPS) is 11.0. The predicted molar refractivity (Wildman–Crippen MR) is 144 cm³/mol. The van der Waals surface area contributed by atoms with Crippen LogP contribution in [-0.2, 0) is 19.1 Å². The molecule has 0 aromatic rings. The van der Waals surface area contributed by atoms with Crippen molar-refractivity contribution in [1.82, 2.24) is 0 Å². The van der Waals surface area contributed by atoms with E-state index in [2.05, 4.69) is 13.8 Å². The SMILES string of the molecule is CCCCCCCCCCCCCCCCOC(=O)CCCC(=O)OCCCCCCCCC. The Labute approximate surface area is 212 Å². The van der Waals surface area contributed by atoms with Gasteiger partial charge in [-0.25, -0.2) is 0 Å². The van der Waals surface area contributed by atoms with Gasteiger partial charge in [-0.2, -0.15) is 0 Å². The minimum Gasteiger partial charge on any atom is -0.466 e. The number of hydrogen-bond acceptors (Lipinski definition) is 4. The Hall–Kier alpha value is -1.06. The van der Waals surface area contributed by atoms with Crippen LogP contribution in [0.4, 0.5) is 0 Å². The van der Waals surface area contributed by atoms with Crippen LogP contribution in [0.3, 0.4) is 0 Å². The molecule has 0 unspecified atom stereocenters. The highest BCUT2D eigenvalue weighted by atomic mass is 16.5. The van der Waals surface area contributed by atoms with Crippen LogP contribution in [-0.4, -0.2) is 25.2 Å². The van der Waals surface area contributed by atoms with Gasteiger partial charge in [0.15, 0.2) is 0 Å². The van der Waals surface area contributed by atoms with Gasteiger partial charge in [-0.3, -0.25) is 9.59 Å². The van der Waals surface area contributed by atoms with E-state index in [1.54, 1.807) is 0 Å². The molecule has 0 aromatic carbocycles. The topological polar surface area (TPSA) is 52.6 Å². The Bertz CT molecular complexity index is 436. The summed E-state index contributed by atoms with van der Waals surface area (Å²) in [6, 6.07) is 0. The van der Waals surface area contributed by atoms with Gasteiger partial charge in [-0.1, -0.05) is 136 Å². The van der Waals surface area contributed by atoms with Crippen molar-refractivity contribution in [2.75, 3.05) is 13.2 Å². The lowest BCUT2D eigenvalue weighted by Crippen LogP contribution is -2.09. The standard InChI is InChI=1S/C30H58O4/c1-3-5-7-9-11-12-13-14-15-16-17-19-21-23-28-34-30(32)26-24-25-29(31)33-27-22-20-18-10-8-6-4-2/h3-28H2,1-2H3. The molecular formula is C30H58O4. The number of carbonyl (C=O) groups is 2. The largest absolute Gasteiger partial charge is 0.466 e. The Morgan fingerprint density at radius 1 is 0.382 bits per heavy atom. The van der Waals surface area contributed by atoms with Crippen LogP contribution in [0.15, 0.2) is 0 Å². The third-order valence-electron chi connectivity index (χ3n) is 6.53. The number of carbonyl (C=O) groups excluding carboxylic acids is 2. The lowest BCUT2D eigenvalue weighted by Gasteiger charge is -2.06. The van der Waals surface area contributed by atoms with Crippen LogP contribution in [0.5, 0.6) is 0 Å². The Morgan fingerprint density at radius 3 is 0.941 bits per heavy atom. The maximum atomic E-state index is 11.8. The molecule has 0 aromatic heterocycles. The average Bonchev–Trinajstić information content (AvgIpc) is 2.83. The number of ether oxygens (including phenoxy) is 2. The maximum absolute atomic E-state index is 11.8. The first-order chi connectivity index (χ1) is 16.7. The third kappa shape index (κ3) is 27.2. The van der Waals surface area contributed by atoms with Crippen molar-refractivity contribution in [1.29, 1.82) is 0 Å². The minimum absolute atomic E-state index is 0.186. The molecule has 0 spiro atoms. The van der Waals surface area contributed by atoms with Crippen molar-refractivity contribution in [3.63, 3.8) is 0 Å².